The highest BCUT2D eigenvalue weighted by Gasteiger charge is 2.76. The monoisotopic (exact) mass is 915 g/mol. The number of Topliss-reactive ketones (excluding diaryl/α,β-unsaturated/α-hetero) is 1. The molecule has 7 fully saturated rings. The largest absolute Gasteiger partial charge is 0.481 e. The normalized spacial score (nSPS) is 36.4. The smallest absolute Gasteiger partial charge is 0.303 e. The van der Waals surface area contributed by atoms with Crippen LogP contribution in [0.2, 0.25) is 0 Å². The highest BCUT2D eigenvalue weighted by molar-refractivity contribution is 6.01. The highest BCUT2D eigenvalue weighted by Crippen LogP contribution is 2.71. The predicted octanol–water partition coefficient (Wildman–Crippen LogP) is 1.97. The van der Waals surface area contributed by atoms with E-state index < -0.39 is 101 Å². The van der Waals surface area contributed by atoms with Gasteiger partial charge in [0.05, 0.1) is 18.8 Å². The summed E-state index contributed by atoms with van der Waals surface area (Å²) in [6.45, 7) is 4.65. The van der Waals surface area contributed by atoms with Crippen LogP contribution >= 0.6 is 0 Å². The fourth-order valence-electron chi connectivity index (χ4n) is 13.8. The average molecular weight is 916 g/mol. The molecule has 1 saturated heterocycles. The van der Waals surface area contributed by atoms with Gasteiger partial charge in [0, 0.05) is 41.2 Å². The summed E-state index contributed by atoms with van der Waals surface area (Å²) in [4.78, 5) is 88.6. The summed E-state index contributed by atoms with van der Waals surface area (Å²) in [6, 6.07) is 5.88. The van der Waals surface area contributed by atoms with Gasteiger partial charge in [-0.15, -0.1) is 0 Å². The van der Waals surface area contributed by atoms with E-state index in [2.05, 4.69) is 28.2 Å². The van der Waals surface area contributed by atoms with E-state index in [1.807, 2.05) is 37.3 Å². The molecule has 1 aliphatic heterocycles. The number of carboxylic acids is 1. The van der Waals surface area contributed by atoms with Crippen LogP contribution in [-0.2, 0) is 49.5 Å². The third-order valence-electron chi connectivity index (χ3n) is 16.5. The van der Waals surface area contributed by atoms with Crippen molar-refractivity contribution in [1.29, 1.82) is 0 Å². The topological polar surface area (TPSA) is 273 Å². The summed E-state index contributed by atoms with van der Waals surface area (Å²) in [5.41, 5.74) is 5.16. The molecule has 4 amide bonds. The molecule has 1 aromatic rings. The number of carbonyl (C=O) groups is 7. The molecule has 17 nitrogen and oxygen atoms in total. The van der Waals surface area contributed by atoms with Crippen molar-refractivity contribution in [2.24, 2.45) is 39.7 Å². The lowest BCUT2D eigenvalue weighted by Gasteiger charge is -2.71. The van der Waals surface area contributed by atoms with Crippen LogP contribution in [-0.4, -0.2) is 112 Å². The second-order valence-electron chi connectivity index (χ2n) is 20.9. The number of hydrogen-bond acceptors (Lipinski definition) is 12. The molecule has 6 saturated carbocycles. The molecular weight excluding hydrogens is 851 g/mol. The molecule has 0 aromatic heterocycles. The number of benzene rings is 1. The van der Waals surface area contributed by atoms with E-state index in [9.17, 15) is 48.9 Å². The number of aliphatic hydroxyl groups is 2. The Labute approximate surface area is 384 Å². The van der Waals surface area contributed by atoms with E-state index in [1.165, 1.54) is 6.92 Å². The van der Waals surface area contributed by atoms with E-state index >= 15 is 0 Å². The molecule has 66 heavy (non-hydrogen) atoms. The lowest BCUT2D eigenvalue weighted by Crippen LogP contribution is -2.76. The molecule has 1 aromatic carbocycles. The van der Waals surface area contributed by atoms with Crippen molar-refractivity contribution in [3.8, 4) is 0 Å². The van der Waals surface area contributed by atoms with Gasteiger partial charge < -0.3 is 51.8 Å². The summed E-state index contributed by atoms with van der Waals surface area (Å²) in [5, 5.41) is 42.4. The molecule has 8 aliphatic rings. The first-order valence-electron chi connectivity index (χ1n) is 23.6. The van der Waals surface area contributed by atoms with E-state index in [0.29, 0.717) is 57.9 Å². The van der Waals surface area contributed by atoms with Gasteiger partial charge in [0.25, 0.3) is 0 Å². The Morgan fingerprint density at radius 3 is 2.35 bits per heavy atom. The van der Waals surface area contributed by atoms with Crippen LogP contribution in [0.1, 0.15) is 115 Å². The molecule has 2 bridgehead atoms. The number of nitrogens with two attached hydrogens (primary N) is 1. The number of aliphatic carboxylic acids is 1. The van der Waals surface area contributed by atoms with Crippen LogP contribution in [0.3, 0.4) is 0 Å². The third-order valence-corrected chi connectivity index (χ3v) is 16.5. The first-order valence-corrected chi connectivity index (χ1v) is 23.6. The molecule has 9 N–H and O–H groups in total. The number of rotatable bonds is 19. The van der Waals surface area contributed by atoms with E-state index in [4.69, 9.17) is 15.2 Å². The zero-order valence-corrected chi connectivity index (χ0v) is 38.1. The Hall–Kier alpha value is -4.81. The standard InChI is InChI=1S/C49H65N5O12/c1-27(56)52-34(6-4-5-17-50)42(63)51-22-39(60)53-35(13-14-40(61)62)43(64)54-48-24-47(25-48,26-48)20-28-7-9-29(10-8-28)44-65-38-19-33-32-12-11-30-18-31(57)15-16-45(30,2)41(32)36(58)21-46(33,3)49(38,66-44)37(59)23-55/h7-10,15-16,18,32-36,38,41,44,55,58H,4-6,11-14,17,19-26,50H2,1-3H3,(H,51,63)(H,52,56)(H,53,60)(H,54,64)(H,61,62)/t32-,33-,34-,35-,36-,38+,41+,44-,45-,46-,47?,48?,49+/m0/s1. The van der Waals surface area contributed by atoms with E-state index in [0.717, 1.165) is 36.0 Å². The molecule has 11 atom stereocenters. The van der Waals surface area contributed by atoms with Crippen molar-refractivity contribution in [2.75, 3.05) is 19.7 Å². The minimum Gasteiger partial charge on any atom is -0.481 e. The number of aliphatic hydroxyl groups excluding tert-OH is 2. The number of carboxylic acid groups (broad SMARTS) is 1. The molecule has 17 heteroatoms. The lowest BCUT2D eigenvalue weighted by atomic mass is 9.38. The molecule has 0 unspecified atom stereocenters. The zero-order chi connectivity index (χ0) is 47.4. The van der Waals surface area contributed by atoms with Gasteiger partial charge in [-0.3, -0.25) is 33.6 Å². The number of ether oxygens (including phenoxy) is 2. The van der Waals surface area contributed by atoms with Crippen molar-refractivity contribution in [2.45, 2.75) is 146 Å². The fourth-order valence-corrected chi connectivity index (χ4v) is 13.8. The lowest BCUT2D eigenvalue weighted by molar-refractivity contribution is -0.201. The van der Waals surface area contributed by atoms with Crippen LogP contribution in [0.25, 0.3) is 0 Å². The Bertz CT molecular complexity index is 2190. The maximum atomic E-state index is 14.0. The van der Waals surface area contributed by atoms with E-state index in [-0.39, 0.29) is 41.8 Å². The van der Waals surface area contributed by atoms with Crippen molar-refractivity contribution in [3.63, 3.8) is 0 Å². The van der Waals surface area contributed by atoms with Crippen LogP contribution < -0.4 is 27.0 Å². The number of hydrogen-bond donors (Lipinski definition) is 8. The maximum absolute atomic E-state index is 14.0. The summed E-state index contributed by atoms with van der Waals surface area (Å²) < 4.78 is 13.4. The molecule has 9 rings (SSSR count). The molecular formula is C49H65N5O12. The number of amides is 4. The molecule has 0 spiro atoms. The Morgan fingerprint density at radius 1 is 0.970 bits per heavy atom. The second-order valence-corrected chi connectivity index (χ2v) is 20.9. The predicted molar refractivity (Wildman–Crippen MR) is 237 cm³/mol. The maximum Gasteiger partial charge on any atom is 0.303 e. The fraction of sp³-hybridized carbons (Fsp3) is 0.653. The number of ketones is 2. The molecule has 1 heterocycles. The Balaban J connectivity index is 0.860. The van der Waals surface area contributed by atoms with Gasteiger partial charge in [-0.25, -0.2) is 0 Å². The van der Waals surface area contributed by atoms with Gasteiger partial charge in [-0.2, -0.15) is 0 Å². The number of nitrogens with one attached hydrogen (secondary N) is 4. The molecule has 358 valence electrons. The number of fused-ring (bicyclic) bond motifs is 7. The second kappa shape index (κ2) is 18.0. The van der Waals surface area contributed by atoms with E-state index in [1.54, 1.807) is 12.2 Å². The SMILES string of the molecule is CC(=O)N[C@@H](CCCCN)C(=O)NCC(=O)N[C@@H](CCC(=O)O)C(=O)NC12CC(Cc3ccc([C@H]4O[C@@H]5C[C@H]6[C@@H]7CCC8=CC(=O)C=C[C@]8(C)[C@H]7[C@@H](O)C[C@]6(C)[C@]5(C(=O)CO)O4)cc3)(C1)C2. The van der Waals surface area contributed by atoms with Crippen LogP contribution in [0.5, 0.6) is 0 Å². The summed E-state index contributed by atoms with van der Waals surface area (Å²) >= 11 is 0. The number of unbranched alkanes of at least 4 members (excludes halogenated alkanes) is 1. The van der Waals surface area contributed by atoms with Gasteiger partial charge in [0.2, 0.25) is 23.6 Å². The first kappa shape index (κ1) is 47.7. The Morgan fingerprint density at radius 2 is 1.68 bits per heavy atom. The quantitative estimate of drug-likeness (QED) is 0.0924. The molecule has 0 radical (unpaired) electrons. The minimum absolute atomic E-state index is 0.0120. The van der Waals surface area contributed by atoms with Crippen LogP contribution in [0, 0.1) is 34.0 Å². The van der Waals surface area contributed by atoms with Gasteiger partial charge in [-0.05, 0) is 119 Å². The van der Waals surface area contributed by atoms with Crippen molar-refractivity contribution in [3.05, 3.63) is 59.2 Å². The van der Waals surface area contributed by atoms with Crippen molar-refractivity contribution < 1.29 is 58.4 Å². The highest BCUT2D eigenvalue weighted by atomic mass is 16.7. The first-order chi connectivity index (χ1) is 31.3. The van der Waals surface area contributed by atoms with Gasteiger partial charge in [-0.1, -0.05) is 49.8 Å². The van der Waals surface area contributed by atoms with Crippen molar-refractivity contribution >= 4 is 41.2 Å². The van der Waals surface area contributed by atoms with Crippen LogP contribution in [0.4, 0.5) is 0 Å². The third kappa shape index (κ3) is 8.43. The number of carbonyl (C=O) groups excluding carboxylic acids is 6. The molecule has 7 aliphatic carbocycles. The Kier molecular flexibility index (Phi) is 13.0. The zero-order valence-electron chi connectivity index (χ0n) is 38.1. The summed E-state index contributed by atoms with van der Waals surface area (Å²) in [6.07, 6.45) is 9.32. The number of allylic oxidation sites excluding steroid dienone is 4. The van der Waals surface area contributed by atoms with Gasteiger partial charge in [0.1, 0.15) is 18.7 Å². The minimum atomic E-state index is -1.45. The van der Waals surface area contributed by atoms with Crippen molar-refractivity contribution in [1.82, 2.24) is 21.3 Å². The average Bonchev–Trinajstić information content (AvgIpc) is 3.75. The van der Waals surface area contributed by atoms with Crippen LogP contribution in [0.15, 0.2) is 48.1 Å². The van der Waals surface area contributed by atoms with Gasteiger partial charge >= 0.3 is 5.97 Å². The summed E-state index contributed by atoms with van der Waals surface area (Å²) in [5.74, 6) is -3.81. The van der Waals surface area contributed by atoms with Gasteiger partial charge in [0.15, 0.2) is 23.5 Å². The summed E-state index contributed by atoms with van der Waals surface area (Å²) in [7, 11) is 0.